The van der Waals surface area contributed by atoms with Crippen LogP contribution in [0.2, 0.25) is 0 Å². The van der Waals surface area contributed by atoms with E-state index in [-0.39, 0.29) is 5.75 Å². The number of benzene rings is 1. The van der Waals surface area contributed by atoms with Gasteiger partial charge in [0.25, 0.3) is 0 Å². The Kier molecular flexibility index (Phi) is 5.80. The number of alkyl halides is 2. The van der Waals surface area contributed by atoms with E-state index in [2.05, 4.69) is 20.5 Å². The number of ether oxygens (including phenoxy) is 1. The standard InChI is InChI=1S/C17H20F2N4OS/c18-16(19)24-14-8-6-12(7-9-14)21-17(25)22-15-10-11-20-23(15)13-4-2-1-3-5-13/h6-11,13,16H,1-5H2,(H2,21,22,25). The van der Waals surface area contributed by atoms with Crippen molar-refractivity contribution >= 4 is 28.8 Å². The molecule has 2 N–H and O–H groups in total. The predicted octanol–water partition coefficient (Wildman–Crippen LogP) is 4.80. The minimum absolute atomic E-state index is 0.106. The molecule has 0 atom stereocenters. The fourth-order valence-corrected chi connectivity index (χ4v) is 3.25. The van der Waals surface area contributed by atoms with Gasteiger partial charge >= 0.3 is 6.61 Å². The lowest BCUT2D eigenvalue weighted by atomic mass is 9.96. The smallest absolute Gasteiger partial charge is 0.387 e. The zero-order valence-corrected chi connectivity index (χ0v) is 14.4. The van der Waals surface area contributed by atoms with Gasteiger partial charge in [-0.25, -0.2) is 4.68 Å². The molecule has 25 heavy (non-hydrogen) atoms. The fraction of sp³-hybridized carbons (Fsp3) is 0.412. The zero-order valence-electron chi connectivity index (χ0n) is 13.6. The van der Waals surface area contributed by atoms with E-state index in [1.54, 1.807) is 18.3 Å². The highest BCUT2D eigenvalue weighted by molar-refractivity contribution is 7.80. The summed E-state index contributed by atoms with van der Waals surface area (Å²) < 4.78 is 30.6. The number of hydrogen-bond donors (Lipinski definition) is 2. The molecule has 0 saturated heterocycles. The molecule has 1 aromatic carbocycles. The van der Waals surface area contributed by atoms with Crippen molar-refractivity contribution in [3.05, 3.63) is 36.5 Å². The van der Waals surface area contributed by atoms with Crippen LogP contribution in [0.4, 0.5) is 20.3 Å². The fourth-order valence-electron chi connectivity index (χ4n) is 3.03. The van der Waals surface area contributed by atoms with Crippen LogP contribution in [0.1, 0.15) is 38.1 Å². The lowest BCUT2D eigenvalue weighted by molar-refractivity contribution is -0.0498. The molecule has 0 spiro atoms. The minimum Gasteiger partial charge on any atom is -0.435 e. The number of nitrogens with zero attached hydrogens (tertiary/aromatic N) is 2. The van der Waals surface area contributed by atoms with Gasteiger partial charge in [0.1, 0.15) is 11.6 Å². The van der Waals surface area contributed by atoms with Crippen molar-refractivity contribution in [2.45, 2.75) is 44.8 Å². The van der Waals surface area contributed by atoms with Crippen molar-refractivity contribution in [1.29, 1.82) is 0 Å². The first kappa shape index (κ1) is 17.6. The lowest BCUT2D eigenvalue weighted by Crippen LogP contribution is -2.23. The van der Waals surface area contributed by atoms with E-state index in [1.807, 2.05) is 10.7 Å². The maximum atomic E-state index is 12.2. The summed E-state index contributed by atoms with van der Waals surface area (Å²) in [7, 11) is 0. The van der Waals surface area contributed by atoms with E-state index in [9.17, 15) is 8.78 Å². The Morgan fingerprint density at radius 2 is 1.84 bits per heavy atom. The second-order valence-electron chi connectivity index (χ2n) is 5.93. The Morgan fingerprint density at radius 1 is 1.12 bits per heavy atom. The van der Waals surface area contributed by atoms with Crippen LogP contribution in [-0.2, 0) is 0 Å². The molecule has 0 amide bonds. The molecule has 5 nitrogen and oxygen atoms in total. The summed E-state index contributed by atoms with van der Waals surface area (Å²) >= 11 is 5.33. The van der Waals surface area contributed by atoms with Gasteiger partial charge in [-0.2, -0.15) is 13.9 Å². The Balaban J connectivity index is 1.58. The first-order chi connectivity index (χ1) is 12.1. The van der Waals surface area contributed by atoms with Gasteiger partial charge in [-0.15, -0.1) is 0 Å². The molecule has 1 aliphatic rings. The summed E-state index contributed by atoms with van der Waals surface area (Å²) in [6.45, 7) is -2.83. The average Bonchev–Trinajstić information content (AvgIpc) is 3.05. The van der Waals surface area contributed by atoms with Gasteiger partial charge in [-0.1, -0.05) is 19.3 Å². The molecule has 1 fully saturated rings. The van der Waals surface area contributed by atoms with Gasteiger partial charge in [-0.3, -0.25) is 0 Å². The summed E-state index contributed by atoms with van der Waals surface area (Å²) in [5.74, 6) is 0.955. The topological polar surface area (TPSA) is 51.1 Å². The third-order valence-corrected chi connectivity index (χ3v) is 4.37. The van der Waals surface area contributed by atoms with E-state index in [0.717, 1.165) is 18.7 Å². The highest BCUT2D eigenvalue weighted by Crippen LogP contribution is 2.30. The van der Waals surface area contributed by atoms with Crippen LogP contribution in [0.5, 0.6) is 5.75 Å². The third-order valence-electron chi connectivity index (χ3n) is 4.17. The number of hydrogen-bond acceptors (Lipinski definition) is 3. The number of nitrogens with one attached hydrogen (secondary N) is 2. The molecule has 134 valence electrons. The van der Waals surface area contributed by atoms with Crippen molar-refractivity contribution < 1.29 is 13.5 Å². The molecular weight excluding hydrogens is 346 g/mol. The van der Waals surface area contributed by atoms with Crippen LogP contribution in [-0.4, -0.2) is 21.5 Å². The van der Waals surface area contributed by atoms with Gasteiger partial charge in [0, 0.05) is 11.8 Å². The number of halogens is 2. The van der Waals surface area contributed by atoms with Gasteiger partial charge in [0.2, 0.25) is 0 Å². The molecular formula is C17H20F2N4OS. The van der Waals surface area contributed by atoms with Crippen LogP contribution in [0.3, 0.4) is 0 Å². The first-order valence-corrected chi connectivity index (χ1v) is 8.69. The van der Waals surface area contributed by atoms with Crippen LogP contribution in [0.25, 0.3) is 0 Å². The van der Waals surface area contributed by atoms with Crippen molar-refractivity contribution in [2.24, 2.45) is 0 Å². The van der Waals surface area contributed by atoms with E-state index in [1.165, 1.54) is 31.4 Å². The van der Waals surface area contributed by atoms with Gasteiger partial charge in [-0.05, 0) is 49.3 Å². The molecule has 1 saturated carbocycles. The Hall–Kier alpha value is -2.22. The van der Waals surface area contributed by atoms with Crippen molar-refractivity contribution in [2.75, 3.05) is 10.6 Å². The summed E-state index contributed by atoms with van der Waals surface area (Å²) in [5, 5.41) is 11.0. The summed E-state index contributed by atoms with van der Waals surface area (Å²) in [5.41, 5.74) is 0.683. The Labute approximate surface area is 150 Å². The van der Waals surface area contributed by atoms with E-state index >= 15 is 0 Å². The van der Waals surface area contributed by atoms with Crippen molar-refractivity contribution in [3.63, 3.8) is 0 Å². The molecule has 0 radical (unpaired) electrons. The number of thiocarbonyl (C=S) groups is 1. The Morgan fingerprint density at radius 3 is 2.52 bits per heavy atom. The number of anilines is 2. The van der Waals surface area contributed by atoms with Gasteiger partial charge < -0.3 is 15.4 Å². The highest BCUT2D eigenvalue weighted by Gasteiger charge is 2.18. The molecule has 2 aromatic rings. The zero-order chi connectivity index (χ0) is 17.6. The third kappa shape index (κ3) is 4.88. The van der Waals surface area contributed by atoms with Crippen LogP contribution in [0, 0.1) is 0 Å². The molecule has 0 aliphatic heterocycles. The van der Waals surface area contributed by atoms with E-state index in [4.69, 9.17) is 12.2 Å². The molecule has 1 heterocycles. The predicted molar refractivity (Wildman–Crippen MR) is 97.3 cm³/mol. The Bertz CT molecular complexity index is 699. The quantitative estimate of drug-likeness (QED) is 0.745. The van der Waals surface area contributed by atoms with Crippen LogP contribution in [0.15, 0.2) is 36.5 Å². The largest absolute Gasteiger partial charge is 0.435 e. The average molecular weight is 366 g/mol. The molecule has 1 aliphatic carbocycles. The van der Waals surface area contributed by atoms with Gasteiger partial charge in [0.15, 0.2) is 5.11 Å². The molecule has 1 aromatic heterocycles. The number of rotatable bonds is 5. The summed E-state index contributed by atoms with van der Waals surface area (Å²) in [6, 6.07) is 8.48. The SMILES string of the molecule is FC(F)Oc1ccc(NC(=S)Nc2ccnn2C2CCCCC2)cc1. The molecule has 8 heteroatoms. The lowest BCUT2D eigenvalue weighted by Gasteiger charge is -2.24. The second-order valence-corrected chi connectivity index (χ2v) is 6.34. The monoisotopic (exact) mass is 366 g/mol. The second kappa shape index (κ2) is 8.24. The van der Waals surface area contributed by atoms with Gasteiger partial charge in [0.05, 0.1) is 12.2 Å². The van der Waals surface area contributed by atoms with Crippen LogP contribution < -0.4 is 15.4 Å². The minimum atomic E-state index is -2.83. The van der Waals surface area contributed by atoms with E-state index in [0.29, 0.717) is 16.8 Å². The normalized spacial score (nSPS) is 15.2. The maximum absolute atomic E-state index is 12.2. The molecule has 0 bridgehead atoms. The summed E-state index contributed by atoms with van der Waals surface area (Å²) in [6.07, 6.45) is 7.74. The van der Waals surface area contributed by atoms with Crippen LogP contribution >= 0.6 is 12.2 Å². The number of aromatic nitrogens is 2. The molecule has 0 unspecified atom stereocenters. The van der Waals surface area contributed by atoms with Crippen molar-refractivity contribution in [3.8, 4) is 5.75 Å². The molecule has 3 rings (SSSR count). The van der Waals surface area contributed by atoms with Crippen molar-refractivity contribution in [1.82, 2.24) is 9.78 Å². The van der Waals surface area contributed by atoms with E-state index < -0.39 is 6.61 Å². The highest BCUT2D eigenvalue weighted by atomic mass is 32.1. The first-order valence-electron chi connectivity index (χ1n) is 8.28. The summed E-state index contributed by atoms with van der Waals surface area (Å²) in [4.78, 5) is 0. The maximum Gasteiger partial charge on any atom is 0.387 e.